The van der Waals surface area contributed by atoms with Gasteiger partial charge in [-0.15, -0.1) is 6.58 Å². The van der Waals surface area contributed by atoms with Gasteiger partial charge in [0.25, 0.3) is 0 Å². The molecule has 1 unspecified atom stereocenters. The first-order valence-electron chi connectivity index (χ1n) is 7.09. The van der Waals surface area contributed by atoms with Crippen LogP contribution in [0.15, 0.2) is 36.9 Å². The fourth-order valence-electron chi connectivity index (χ4n) is 2.56. The fraction of sp³-hybridized carbons (Fsp3) is 0.438. The molecule has 1 aliphatic rings. The molecule has 1 saturated heterocycles. The van der Waals surface area contributed by atoms with Gasteiger partial charge in [-0.05, 0) is 30.5 Å². The van der Waals surface area contributed by atoms with E-state index in [9.17, 15) is 4.79 Å². The zero-order valence-corrected chi connectivity index (χ0v) is 12.4. The molecule has 1 N–H and O–H groups in total. The van der Waals surface area contributed by atoms with Crippen LogP contribution in [0, 0.1) is 0 Å². The van der Waals surface area contributed by atoms with Gasteiger partial charge in [-0.3, -0.25) is 4.79 Å². The van der Waals surface area contributed by atoms with Gasteiger partial charge in [0, 0.05) is 31.1 Å². The van der Waals surface area contributed by atoms with Crippen molar-refractivity contribution in [1.82, 2.24) is 10.2 Å². The number of carbonyl (C=O) groups is 1. The first-order valence-corrected chi connectivity index (χ1v) is 7.46. The van der Waals surface area contributed by atoms with Crippen molar-refractivity contribution >= 4 is 17.5 Å². The van der Waals surface area contributed by atoms with Crippen molar-refractivity contribution in [3.05, 3.63) is 47.5 Å². The Kier molecular flexibility index (Phi) is 5.62. The third-order valence-corrected chi connectivity index (χ3v) is 3.83. The van der Waals surface area contributed by atoms with Gasteiger partial charge in [0.2, 0.25) is 5.91 Å². The molecule has 4 heteroatoms. The third-order valence-electron chi connectivity index (χ3n) is 3.60. The summed E-state index contributed by atoms with van der Waals surface area (Å²) in [6, 6.07) is 7.86. The highest BCUT2D eigenvalue weighted by Gasteiger charge is 2.27. The van der Waals surface area contributed by atoms with Crippen LogP contribution >= 0.6 is 11.6 Å². The number of piperazine rings is 1. The first kappa shape index (κ1) is 15.1. The summed E-state index contributed by atoms with van der Waals surface area (Å²) in [4.78, 5) is 14.3. The smallest absolute Gasteiger partial charge is 0.223 e. The molecule has 1 aromatic rings. The lowest BCUT2D eigenvalue weighted by atomic mass is 10.0. The van der Waals surface area contributed by atoms with Crippen molar-refractivity contribution in [3.8, 4) is 0 Å². The topological polar surface area (TPSA) is 32.3 Å². The molecule has 1 fully saturated rings. The Labute approximate surface area is 125 Å². The second kappa shape index (κ2) is 7.46. The minimum absolute atomic E-state index is 0.0821. The maximum atomic E-state index is 12.4. The van der Waals surface area contributed by atoms with Gasteiger partial charge in [0.05, 0.1) is 6.04 Å². The van der Waals surface area contributed by atoms with Crippen LogP contribution in [0.3, 0.4) is 0 Å². The van der Waals surface area contributed by atoms with E-state index >= 15 is 0 Å². The van der Waals surface area contributed by atoms with Gasteiger partial charge in [-0.2, -0.15) is 0 Å². The monoisotopic (exact) mass is 292 g/mol. The highest BCUT2D eigenvalue weighted by molar-refractivity contribution is 6.30. The number of hydrogen-bond acceptors (Lipinski definition) is 2. The molecule has 1 aromatic carbocycles. The van der Waals surface area contributed by atoms with Crippen molar-refractivity contribution in [2.24, 2.45) is 0 Å². The largest absolute Gasteiger partial charge is 0.333 e. The molecule has 108 valence electrons. The number of amides is 1. The van der Waals surface area contributed by atoms with Crippen molar-refractivity contribution in [3.63, 3.8) is 0 Å². The summed E-state index contributed by atoms with van der Waals surface area (Å²) in [6.07, 6.45) is 4.21. The van der Waals surface area contributed by atoms with Gasteiger partial charge in [-0.1, -0.05) is 29.8 Å². The number of halogens is 1. The molecule has 1 aliphatic heterocycles. The minimum Gasteiger partial charge on any atom is -0.333 e. The van der Waals surface area contributed by atoms with Gasteiger partial charge >= 0.3 is 0 Å². The van der Waals surface area contributed by atoms with Crippen molar-refractivity contribution in [1.29, 1.82) is 0 Å². The molecule has 1 atom stereocenters. The van der Waals surface area contributed by atoms with Gasteiger partial charge in [0.1, 0.15) is 0 Å². The average Bonchev–Trinajstić information content (AvgIpc) is 2.47. The number of benzene rings is 1. The number of nitrogens with one attached hydrogen (secondary N) is 1. The Hall–Kier alpha value is -1.32. The number of nitrogens with zero attached hydrogens (tertiary/aromatic N) is 1. The van der Waals surface area contributed by atoms with Crippen LogP contribution < -0.4 is 5.32 Å². The molecular weight excluding hydrogens is 272 g/mol. The Morgan fingerprint density at radius 1 is 1.55 bits per heavy atom. The molecule has 1 amide bonds. The Bertz CT molecular complexity index is 475. The summed E-state index contributed by atoms with van der Waals surface area (Å²) in [6.45, 7) is 6.08. The first-order chi connectivity index (χ1) is 9.72. The van der Waals surface area contributed by atoms with E-state index in [1.54, 1.807) is 0 Å². The fourth-order valence-corrected chi connectivity index (χ4v) is 2.75. The molecule has 2 rings (SSSR count). The van der Waals surface area contributed by atoms with E-state index in [4.69, 9.17) is 11.6 Å². The Morgan fingerprint density at radius 2 is 2.40 bits per heavy atom. The summed E-state index contributed by atoms with van der Waals surface area (Å²) in [7, 11) is 0. The highest BCUT2D eigenvalue weighted by atomic mass is 35.5. The minimum atomic E-state index is 0.0821. The normalized spacial score (nSPS) is 18.9. The van der Waals surface area contributed by atoms with E-state index in [0.717, 1.165) is 38.0 Å². The van der Waals surface area contributed by atoms with Crippen LogP contribution in [0.25, 0.3) is 0 Å². The lowest BCUT2D eigenvalue weighted by Gasteiger charge is -2.36. The van der Waals surface area contributed by atoms with Crippen LogP contribution in [-0.4, -0.2) is 30.4 Å². The van der Waals surface area contributed by atoms with Gasteiger partial charge in [0.15, 0.2) is 0 Å². The molecule has 0 radical (unpaired) electrons. The lowest BCUT2D eigenvalue weighted by molar-refractivity contribution is -0.134. The zero-order valence-electron chi connectivity index (χ0n) is 11.6. The molecule has 1 heterocycles. The molecule has 0 spiro atoms. The average molecular weight is 293 g/mol. The van der Waals surface area contributed by atoms with E-state index < -0.39 is 0 Å². The highest BCUT2D eigenvalue weighted by Crippen LogP contribution is 2.25. The maximum Gasteiger partial charge on any atom is 0.223 e. The van der Waals surface area contributed by atoms with Gasteiger partial charge in [-0.25, -0.2) is 0 Å². The summed E-state index contributed by atoms with van der Waals surface area (Å²) in [5.41, 5.74) is 1.10. The van der Waals surface area contributed by atoms with Gasteiger partial charge < -0.3 is 10.2 Å². The summed E-state index contributed by atoms with van der Waals surface area (Å²) in [5, 5.41) is 4.07. The van der Waals surface area contributed by atoms with E-state index in [1.165, 1.54) is 0 Å². The standard InChI is InChI=1S/C16H21ClN2O/c1-2-3-4-8-16(20)19-10-9-18-12-15(19)13-6-5-7-14(17)11-13/h2,5-7,11,15,18H,1,3-4,8-10,12H2. The number of rotatable bonds is 5. The predicted molar refractivity (Wildman–Crippen MR) is 82.8 cm³/mol. The van der Waals surface area contributed by atoms with Crippen LogP contribution in [0.2, 0.25) is 5.02 Å². The molecule has 0 aliphatic carbocycles. The Balaban J connectivity index is 2.08. The number of hydrogen-bond donors (Lipinski definition) is 1. The quantitative estimate of drug-likeness (QED) is 0.668. The molecular formula is C16H21ClN2O. The second-order valence-corrected chi connectivity index (χ2v) is 5.48. The Morgan fingerprint density at radius 3 is 3.15 bits per heavy atom. The molecule has 20 heavy (non-hydrogen) atoms. The van der Waals surface area contributed by atoms with E-state index in [1.807, 2.05) is 35.2 Å². The maximum absolute atomic E-state index is 12.4. The number of allylic oxidation sites excluding steroid dienone is 1. The van der Waals surface area contributed by atoms with E-state index in [0.29, 0.717) is 11.4 Å². The lowest BCUT2D eigenvalue weighted by Crippen LogP contribution is -2.48. The summed E-state index contributed by atoms with van der Waals surface area (Å²) < 4.78 is 0. The SMILES string of the molecule is C=CCCCC(=O)N1CCNCC1c1cccc(Cl)c1. The molecule has 0 aromatic heterocycles. The molecule has 0 saturated carbocycles. The zero-order chi connectivity index (χ0) is 14.4. The molecule has 0 bridgehead atoms. The number of carbonyl (C=O) groups excluding carboxylic acids is 1. The van der Waals surface area contributed by atoms with Crippen LogP contribution in [0.4, 0.5) is 0 Å². The van der Waals surface area contributed by atoms with E-state index in [-0.39, 0.29) is 11.9 Å². The third kappa shape index (κ3) is 3.84. The molecule has 3 nitrogen and oxygen atoms in total. The van der Waals surface area contributed by atoms with Crippen LogP contribution in [0.5, 0.6) is 0 Å². The predicted octanol–water partition coefficient (Wildman–Crippen LogP) is 3.17. The second-order valence-electron chi connectivity index (χ2n) is 5.04. The van der Waals surface area contributed by atoms with E-state index in [2.05, 4.69) is 11.9 Å². The van der Waals surface area contributed by atoms with Crippen molar-refractivity contribution in [2.75, 3.05) is 19.6 Å². The van der Waals surface area contributed by atoms with Crippen molar-refractivity contribution in [2.45, 2.75) is 25.3 Å². The number of unbranched alkanes of at least 4 members (excludes halogenated alkanes) is 1. The van der Waals surface area contributed by atoms with Crippen LogP contribution in [-0.2, 0) is 4.79 Å². The van der Waals surface area contributed by atoms with Crippen molar-refractivity contribution < 1.29 is 4.79 Å². The summed E-state index contributed by atoms with van der Waals surface area (Å²) in [5.74, 6) is 0.221. The summed E-state index contributed by atoms with van der Waals surface area (Å²) >= 11 is 6.06. The van der Waals surface area contributed by atoms with Crippen LogP contribution in [0.1, 0.15) is 30.9 Å².